The molecule has 3 aromatic heterocycles. The van der Waals surface area contributed by atoms with Gasteiger partial charge < -0.3 is 14.5 Å². The van der Waals surface area contributed by atoms with Crippen molar-refractivity contribution in [2.24, 2.45) is 0 Å². The zero-order chi connectivity index (χ0) is 19.8. The third kappa shape index (κ3) is 3.68. The molecule has 0 saturated heterocycles. The molecule has 0 unspecified atom stereocenters. The summed E-state index contributed by atoms with van der Waals surface area (Å²) in [4.78, 5) is 22.5. The van der Waals surface area contributed by atoms with Gasteiger partial charge in [-0.3, -0.25) is 4.79 Å². The first-order valence-corrected chi connectivity index (χ1v) is 10.9. The van der Waals surface area contributed by atoms with Gasteiger partial charge in [-0.25, -0.2) is 9.97 Å². The van der Waals surface area contributed by atoms with Gasteiger partial charge in [0.2, 0.25) is 11.8 Å². The number of thiophene rings is 1. The number of carbonyl (C=O) groups is 1. The van der Waals surface area contributed by atoms with Crippen LogP contribution in [0.2, 0.25) is 0 Å². The number of hydrogen-bond acceptors (Lipinski definition) is 7. The van der Waals surface area contributed by atoms with Gasteiger partial charge in [-0.2, -0.15) is 0 Å². The normalized spacial score (nSPS) is 12.6. The zero-order valence-electron chi connectivity index (χ0n) is 15.6. The van der Waals surface area contributed by atoms with Crippen molar-refractivity contribution in [3.63, 3.8) is 0 Å². The number of thiazole rings is 1. The number of hydrogen-bond donors (Lipinski definition) is 1. The fourth-order valence-corrected chi connectivity index (χ4v) is 4.61. The maximum atomic E-state index is 12.5. The lowest BCUT2D eigenvalue weighted by Crippen LogP contribution is -2.15. The van der Waals surface area contributed by atoms with Crippen LogP contribution >= 0.6 is 22.7 Å². The van der Waals surface area contributed by atoms with E-state index in [1.54, 1.807) is 11.3 Å². The van der Waals surface area contributed by atoms with Crippen LogP contribution in [0, 0.1) is 6.92 Å². The Morgan fingerprint density at radius 1 is 1.24 bits per heavy atom. The Bertz CT molecular complexity index is 1180. The molecule has 4 aromatic rings. The predicted octanol–water partition coefficient (Wildman–Crippen LogP) is 4.95. The van der Waals surface area contributed by atoms with E-state index in [-0.39, 0.29) is 12.3 Å². The lowest BCUT2D eigenvalue weighted by Gasteiger charge is -2.02. The molecule has 1 aliphatic heterocycles. The first-order chi connectivity index (χ1) is 14.2. The smallest absolute Gasteiger partial charge is 0.236 e. The summed E-state index contributed by atoms with van der Waals surface area (Å²) >= 11 is 2.96. The molecular formula is C21H17N3O3S2. The van der Waals surface area contributed by atoms with Crippen molar-refractivity contribution >= 4 is 33.7 Å². The van der Waals surface area contributed by atoms with Crippen LogP contribution < -0.4 is 10.1 Å². The van der Waals surface area contributed by atoms with Crippen LogP contribution in [0.15, 0.2) is 45.5 Å². The predicted molar refractivity (Wildman–Crippen MR) is 114 cm³/mol. The summed E-state index contributed by atoms with van der Waals surface area (Å²) in [5.74, 6) is 1.99. The van der Waals surface area contributed by atoms with Crippen molar-refractivity contribution in [3.8, 4) is 27.8 Å². The van der Waals surface area contributed by atoms with Gasteiger partial charge in [-0.05, 0) is 42.1 Å². The van der Waals surface area contributed by atoms with E-state index in [2.05, 4.69) is 21.4 Å². The summed E-state index contributed by atoms with van der Waals surface area (Å²) in [6.07, 6.45) is 1.06. The molecule has 4 heterocycles. The van der Waals surface area contributed by atoms with Gasteiger partial charge >= 0.3 is 0 Å². The number of ether oxygens (including phenoxy) is 1. The SMILES string of the molecule is Cc1oc(-c2cccs2)nc1CC(=O)Nc1nc(-c2ccc3c(c2)CCO3)cs1. The van der Waals surface area contributed by atoms with Crippen LogP contribution in [0.5, 0.6) is 5.75 Å². The molecule has 0 aliphatic carbocycles. The summed E-state index contributed by atoms with van der Waals surface area (Å²) in [7, 11) is 0. The number of benzene rings is 1. The molecule has 146 valence electrons. The van der Waals surface area contributed by atoms with Crippen molar-refractivity contribution in [2.45, 2.75) is 19.8 Å². The lowest BCUT2D eigenvalue weighted by atomic mass is 10.1. The average Bonchev–Trinajstić information content (AvgIpc) is 3.49. The quantitative estimate of drug-likeness (QED) is 0.491. The first kappa shape index (κ1) is 18.1. The third-order valence-electron chi connectivity index (χ3n) is 4.69. The summed E-state index contributed by atoms with van der Waals surface area (Å²) in [5, 5.41) is 7.35. The minimum Gasteiger partial charge on any atom is -0.493 e. The molecule has 0 spiro atoms. The van der Waals surface area contributed by atoms with Crippen molar-refractivity contribution in [1.82, 2.24) is 9.97 Å². The highest BCUT2D eigenvalue weighted by Gasteiger charge is 2.17. The Kier molecular flexibility index (Phi) is 4.65. The van der Waals surface area contributed by atoms with E-state index < -0.39 is 0 Å². The molecule has 0 bridgehead atoms. The average molecular weight is 424 g/mol. The number of amides is 1. The molecule has 0 atom stereocenters. The van der Waals surface area contributed by atoms with Crippen molar-refractivity contribution in [2.75, 3.05) is 11.9 Å². The molecule has 6 nitrogen and oxygen atoms in total. The van der Waals surface area contributed by atoms with Crippen LogP contribution in [-0.2, 0) is 17.6 Å². The number of nitrogens with one attached hydrogen (secondary N) is 1. The zero-order valence-corrected chi connectivity index (χ0v) is 17.2. The number of fused-ring (bicyclic) bond motifs is 1. The molecule has 1 amide bonds. The van der Waals surface area contributed by atoms with E-state index in [1.807, 2.05) is 41.9 Å². The molecule has 29 heavy (non-hydrogen) atoms. The standard InChI is InChI=1S/C21H17N3O3S2/c1-12-15(22-20(27-12)18-3-2-8-28-18)10-19(25)24-21-23-16(11-29-21)13-4-5-17-14(9-13)6-7-26-17/h2-5,8-9,11H,6-7,10H2,1H3,(H,23,24,25). The Hall–Kier alpha value is -2.97. The Labute approximate surface area is 175 Å². The number of aromatic nitrogens is 2. The van der Waals surface area contributed by atoms with Crippen LogP contribution in [0.25, 0.3) is 22.0 Å². The van der Waals surface area contributed by atoms with Gasteiger partial charge in [0, 0.05) is 17.4 Å². The molecule has 5 rings (SSSR count). The number of carbonyl (C=O) groups excluding carboxylic acids is 1. The number of anilines is 1. The number of nitrogens with zero attached hydrogens (tertiary/aromatic N) is 2. The van der Waals surface area contributed by atoms with E-state index in [0.29, 0.717) is 22.5 Å². The second-order valence-electron chi connectivity index (χ2n) is 6.68. The summed E-state index contributed by atoms with van der Waals surface area (Å²) in [5.41, 5.74) is 3.71. The fraction of sp³-hybridized carbons (Fsp3) is 0.190. The highest BCUT2D eigenvalue weighted by atomic mass is 32.1. The Morgan fingerprint density at radius 2 is 2.17 bits per heavy atom. The third-order valence-corrected chi connectivity index (χ3v) is 6.30. The molecule has 0 saturated carbocycles. The first-order valence-electron chi connectivity index (χ1n) is 9.17. The Balaban J connectivity index is 1.27. The summed E-state index contributed by atoms with van der Waals surface area (Å²) in [6, 6.07) is 9.97. The van der Waals surface area contributed by atoms with E-state index in [4.69, 9.17) is 9.15 Å². The second kappa shape index (κ2) is 7.46. The van der Waals surface area contributed by atoms with Gasteiger partial charge in [-0.15, -0.1) is 22.7 Å². The van der Waals surface area contributed by atoms with E-state index in [9.17, 15) is 4.79 Å². The largest absolute Gasteiger partial charge is 0.493 e. The van der Waals surface area contributed by atoms with Crippen LogP contribution in [0.4, 0.5) is 5.13 Å². The Morgan fingerprint density at radius 3 is 3.03 bits per heavy atom. The molecule has 0 radical (unpaired) electrons. The fourth-order valence-electron chi connectivity index (χ4n) is 3.22. The van der Waals surface area contributed by atoms with Crippen molar-refractivity contribution in [3.05, 3.63) is 58.1 Å². The molecule has 1 aliphatic rings. The highest BCUT2D eigenvalue weighted by molar-refractivity contribution is 7.14. The number of rotatable bonds is 5. The minimum atomic E-state index is -0.164. The van der Waals surface area contributed by atoms with E-state index in [1.165, 1.54) is 16.9 Å². The maximum absolute atomic E-state index is 12.5. The van der Waals surface area contributed by atoms with Crippen LogP contribution in [-0.4, -0.2) is 22.5 Å². The van der Waals surface area contributed by atoms with Crippen molar-refractivity contribution in [1.29, 1.82) is 0 Å². The molecule has 8 heteroatoms. The maximum Gasteiger partial charge on any atom is 0.236 e. The van der Waals surface area contributed by atoms with Gasteiger partial charge in [0.1, 0.15) is 11.5 Å². The van der Waals surface area contributed by atoms with Crippen LogP contribution in [0.3, 0.4) is 0 Å². The van der Waals surface area contributed by atoms with Crippen LogP contribution in [0.1, 0.15) is 17.0 Å². The minimum absolute atomic E-state index is 0.145. The van der Waals surface area contributed by atoms with Gasteiger partial charge in [0.25, 0.3) is 0 Å². The van der Waals surface area contributed by atoms with Gasteiger partial charge in [0.05, 0.1) is 29.3 Å². The molecule has 1 aromatic carbocycles. The number of aryl methyl sites for hydroxylation is 1. The monoisotopic (exact) mass is 423 g/mol. The summed E-state index contributed by atoms with van der Waals surface area (Å²) < 4.78 is 11.3. The molecular weight excluding hydrogens is 406 g/mol. The van der Waals surface area contributed by atoms with Crippen molar-refractivity contribution < 1.29 is 13.9 Å². The highest BCUT2D eigenvalue weighted by Crippen LogP contribution is 2.32. The summed E-state index contributed by atoms with van der Waals surface area (Å²) in [6.45, 7) is 2.55. The van der Waals surface area contributed by atoms with E-state index in [0.717, 1.165) is 34.9 Å². The topological polar surface area (TPSA) is 77.3 Å². The second-order valence-corrected chi connectivity index (χ2v) is 8.49. The number of oxazole rings is 1. The molecule has 1 N–H and O–H groups in total. The van der Waals surface area contributed by atoms with Gasteiger partial charge in [0.15, 0.2) is 5.13 Å². The molecule has 0 fully saturated rings. The van der Waals surface area contributed by atoms with Gasteiger partial charge in [-0.1, -0.05) is 6.07 Å². The lowest BCUT2D eigenvalue weighted by molar-refractivity contribution is -0.115. The van der Waals surface area contributed by atoms with E-state index >= 15 is 0 Å².